The number of hydrogen-bond donors (Lipinski definition) is 0. The minimum Gasteiger partial charge on any atom is -0.323 e. The highest BCUT2D eigenvalue weighted by molar-refractivity contribution is 7.64. The van der Waals surface area contributed by atoms with Gasteiger partial charge in [-0.15, -0.1) is 11.6 Å². The molecule has 92 valence electrons. The molecule has 0 aromatic carbocycles. The van der Waals surface area contributed by atoms with Crippen LogP contribution in [0.5, 0.6) is 0 Å². The number of alkyl halides is 7. The summed E-state index contributed by atoms with van der Waals surface area (Å²) in [7, 11) is -4.34. The fraction of sp³-hybridized carbons (Fsp3) is 1.00. The second kappa shape index (κ2) is 4.95. The Hall–Kier alpha value is 0.100. The Labute approximate surface area is 87.2 Å². The Morgan fingerprint density at radius 2 is 1.27 bits per heavy atom. The molecular weight excluding hydrogens is 268 g/mol. The number of rotatable bonds is 4. The van der Waals surface area contributed by atoms with E-state index < -0.39 is 43.9 Å². The molecule has 1 nitrogen and oxygen atoms in total. The average molecular weight is 277 g/mol. The highest BCUT2D eigenvalue weighted by Gasteiger charge is 2.45. The third kappa shape index (κ3) is 7.96. The van der Waals surface area contributed by atoms with Gasteiger partial charge in [-0.3, -0.25) is 0 Å². The molecule has 0 aromatic rings. The minimum atomic E-state index is -4.87. The standard InChI is InChI=1S/C6H8ClF6OP/c7-1-2-15(14,3-5(8,9)10)4-6(11,12)13/h1-4H2. The predicted octanol–water partition coefficient (Wildman–Crippen LogP) is 3.71. The van der Waals surface area contributed by atoms with Crippen molar-refractivity contribution < 1.29 is 30.9 Å². The first-order valence-corrected chi connectivity index (χ1v) is 6.54. The number of halogens is 7. The van der Waals surface area contributed by atoms with Crippen LogP contribution in [0.25, 0.3) is 0 Å². The summed E-state index contributed by atoms with van der Waals surface area (Å²) < 4.78 is 82.5. The van der Waals surface area contributed by atoms with E-state index in [1.165, 1.54) is 0 Å². The van der Waals surface area contributed by atoms with Gasteiger partial charge in [-0.05, 0) is 0 Å². The lowest BCUT2D eigenvalue weighted by Crippen LogP contribution is -2.23. The molecule has 0 amide bonds. The van der Waals surface area contributed by atoms with Gasteiger partial charge >= 0.3 is 12.4 Å². The maximum absolute atomic E-state index is 11.9. The van der Waals surface area contributed by atoms with Crippen molar-refractivity contribution in [1.29, 1.82) is 0 Å². The van der Waals surface area contributed by atoms with Gasteiger partial charge in [0.05, 0.1) is 12.3 Å². The van der Waals surface area contributed by atoms with Crippen molar-refractivity contribution >= 4 is 18.7 Å². The third-order valence-electron chi connectivity index (χ3n) is 1.43. The van der Waals surface area contributed by atoms with Crippen LogP contribution >= 0.6 is 18.7 Å². The van der Waals surface area contributed by atoms with Crippen molar-refractivity contribution in [2.24, 2.45) is 0 Å². The van der Waals surface area contributed by atoms with Crippen LogP contribution in [0, 0.1) is 0 Å². The molecule has 0 aliphatic rings. The Bertz CT molecular complexity index is 227. The van der Waals surface area contributed by atoms with E-state index >= 15 is 0 Å². The van der Waals surface area contributed by atoms with Gasteiger partial charge in [0.1, 0.15) is 7.14 Å². The van der Waals surface area contributed by atoms with Crippen LogP contribution in [-0.4, -0.2) is 36.7 Å². The molecule has 0 radical (unpaired) electrons. The van der Waals surface area contributed by atoms with Gasteiger partial charge in [-0.25, -0.2) is 0 Å². The molecule has 9 heteroatoms. The van der Waals surface area contributed by atoms with Gasteiger partial charge in [0.15, 0.2) is 0 Å². The molecule has 15 heavy (non-hydrogen) atoms. The molecule has 0 aliphatic carbocycles. The van der Waals surface area contributed by atoms with Gasteiger partial charge in [0.25, 0.3) is 0 Å². The first-order chi connectivity index (χ1) is 6.47. The van der Waals surface area contributed by atoms with Gasteiger partial charge in [0, 0.05) is 12.0 Å². The fourth-order valence-electron chi connectivity index (χ4n) is 1.02. The van der Waals surface area contributed by atoms with Crippen LogP contribution in [-0.2, 0) is 4.57 Å². The molecule has 0 spiro atoms. The van der Waals surface area contributed by atoms with Crippen molar-refractivity contribution in [3.63, 3.8) is 0 Å². The van der Waals surface area contributed by atoms with E-state index in [0.29, 0.717) is 0 Å². The summed E-state index contributed by atoms with van der Waals surface area (Å²) >= 11 is 5.04. The summed E-state index contributed by atoms with van der Waals surface area (Å²) in [6.07, 6.45) is -14.3. The molecule has 0 aliphatic heterocycles. The smallest absolute Gasteiger partial charge is 0.323 e. The largest absolute Gasteiger partial charge is 0.395 e. The fourth-order valence-corrected chi connectivity index (χ4v) is 3.99. The topological polar surface area (TPSA) is 17.1 Å². The zero-order chi connectivity index (χ0) is 12.3. The van der Waals surface area contributed by atoms with E-state index in [9.17, 15) is 30.9 Å². The van der Waals surface area contributed by atoms with E-state index in [4.69, 9.17) is 11.6 Å². The van der Waals surface area contributed by atoms with Crippen LogP contribution in [0.1, 0.15) is 0 Å². The van der Waals surface area contributed by atoms with Crippen molar-refractivity contribution in [3.05, 3.63) is 0 Å². The average Bonchev–Trinajstić information content (AvgIpc) is 1.74. The molecule has 0 heterocycles. The molecule has 0 unspecified atom stereocenters. The van der Waals surface area contributed by atoms with E-state index in [1.807, 2.05) is 0 Å². The second-order valence-corrected chi connectivity index (χ2v) is 6.59. The van der Waals surface area contributed by atoms with E-state index in [-0.39, 0.29) is 0 Å². The van der Waals surface area contributed by atoms with E-state index in [1.54, 1.807) is 0 Å². The van der Waals surface area contributed by atoms with Crippen LogP contribution in [0.15, 0.2) is 0 Å². The summed E-state index contributed by atoms with van der Waals surface area (Å²) in [5.74, 6) is -0.483. The zero-order valence-corrected chi connectivity index (χ0v) is 8.98. The predicted molar refractivity (Wildman–Crippen MR) is 45.0 cm³/mol. The van der Waals surface area contributed by atoms with Crippen molar-refractivity contribution in [3.8, 4) is 0 Å². The Morgan fingerprint density at radius 1 is 0.933 bits per heavy atom. The quantitative estimate of drug-likeness (QED) is 0.434. The molecule has 0 saturated heterocycles. The lowest BCUT2D eigenvalue weighted by molar-refractivity contribution is -0.112. The Morgan fingerprint density at radius 3 is 1.47 bits per heavy atom. The molecule has 0 bridgehead atoms. The van der Waals surface area contributed by atoms with Crippen LogP contribution < -0.4 is 0 Å². The van der Waals surface area contributed by atoms with Gasteiger partial charge in [-0.1, -0.05) is 0 Å². The normalized spacial score (nSPS) is 14.3. The monoisotopic (exact) mass is 276 g/mol. The van der Waals surface area contributed by atoms with Gasteiger partial charge < -0.3 is 4.57 Å². The highest BCUT2D eigenvalue weighted by atomic mass is 35.5. The first-order valence-electron chi connectivity index (χ1n) is 3.74. The Balaban J connectivity index is 4.68. The molecule has 0 atom stereocenters. The molecule has 0 saturated carbocycles. The van der Waals surface area contributed by atoms with E-state index in [0.717, 1.165) is 0 Å². The molecule has 0 rings (SSSR count). The van der Waals surface area contributed by atoms with Gasteiger partial charge in [-0.2, -0.15) is 26.3 Å². The highest BCUT2D eigenvalue weighted by Crippen LogP contribution is 2.53. The summed E-state index contributed by atoms with van der Waals surface area (Å²) in [6.45, 7) is 0. The maximum atomic E-state index is 11.9. The maximum Gasteiger partial charge on any atom is 0.395 e. The van der Waals surface area contributed by atoms with Crippen molar-refractivity contribution in [2.75, 3.05) is 24.4 Å². The van der Waals surface area contributed by atoms with Crippen LogP contribution in [0.2, 0.25) is 0 Å². The SMILES string of the molecule is O=P(CCCl)(CC(F)(F)F)CC(F)(F)F. The number of hydrogen-bond acceptors (Lipinski definition) is 1. The lowest BCUT2D eigenvalue weighted by atomic mass is 10.8. The van der Waals surface area contributed by atoms with E-state index in [2.05, 4.69) is 0 Å². The summed E-state index contributed by atoms with van der Waals surface area (Å²) in [6, 6.07) is 0. The van der Waals surface area contributed by atoms with Crippen molar-refractivity contribution in [2.45, 2.75) is 12.4 Å². The molecule has 0 fully saturated rings. The summed E-state index contributed by atoms with van der Waals surface area (Å²) in [5, 5.41) is 0. The summed E-state index contributed by atoms with van der Waals surface area (Å²) in [5.41, 5.74) is 0. The van der Waals surface area contributed by atoms with Crippen LogP contribution in [0.4, 0.5) is 26.3 Å². The third-order valence-corrected chi connectivity index (χ3v) is 4.79. The minimum absolute atomic E-state index is 0.483. The molecule has 0 N–H and O–H groups in total. The van der Waals surface area contributed by atoms with Crippen molar-refractivity contribution in [1.82, 2.24) is 0 Å². The molecule has 0 aromatic heterocycles. The van der Waals surface area contributed by atoms with Gasteiger partial charge in [0.2, 0.25) is 0 Å². The second-order valence-electron chi connectivity index (χ2n) is 3.02. The first kappa shape index (κ1) is 15.1. The zero-order valence-electron chi connectivity index (χ0n) is 7.33. The molecular formula is C6H8ClF6OP. The Kier molecular flexibility index (Phi) is 4.99. The lowest BCUT2D eigenvalue weighted by Gasteiger charge is -2.20. The summed E-state index contributed by atoms with van der Waals surface area (Å²) in [4.78, 5) is 0. The van der Waals surface area contributed by atoms with Crippen LogP contribution in [0.3, 0.4) is 0 Å².